The number of aromatic amines is 1. The number of anilines is 1. The highest BCUT2D eigenvalue weighted by molar-refractivity contribution is 7.89. The number of benzene rings is 2. The van der Waals surface area contributed by atoms with E-state index in [1.165, 1.54) is 18.3 Å². The van der Waals surface area contributed by atoms with Crippen LogP contribution in [0.4, 0.5) is 5.82 Å². The van der Waals surface area contributed by atoms with Gasteiger partial charge >= 0.3 is 5.97 Å². The number of nitrogens with zero attached hydrogens (tertiary/aromatic N) is 2. The van der Waals surface area contributed by atoms with Gasteiger partial charge < -0.3 is 15.4 Å². The molecule has 1 atom stereocenters. The van der Waals surface area contributed by atoms with Crippen LogP contribution < -0.4 is 15.4 Å². The van der Waals surface area contributed by atoms with Gasteiger partial charge in [-0.15, -0.1) is 0 Å². The third kappa shape index (κ3) is 6.90. The Morgan fingerprint density at radius 2 is 1.81 bits per heavy atom. The van der Waals surface area contributed by atoms with E-state index in [2.05, 4.69) is 30.5 Å². The van der Waals surface area contributed by atoms with Gasteiger partial charge in [0.2, 0.25) is 10.0 Å². The van der Waals surface area contributed by atoms with Crippen molar-refractivity contribution >= 4 is 38.6 Å². The predicted molar refractivity (Wildman–Crippen MR) is 137 cm³/mol. The van der Waals surface area contributed by atoms with E-state index in [1.54, 1.807) is 48.7 Å². The number of aromatic nitrogens is 3. The number of hydrogen-bond donors (Lipinski definition) is 4. The van der Waals surface area contributed by atoms with E-state index >= 15 is 0 Å². The van der Waals surface area contributed by atoms with Crippen molar-refractivity contribution in [3.05, 3.63) is 84.7 Å². The number of hydrogen-bond acceptors (Lipinski definition) is 8. The van der Waals surface area contributed by atoms with Crippen LogP contribution in [0.1, 0.15) is 16.8 Å². The van der Waals surface area contributed by atoms with Crippen LogP contribution in [0, 0.1) is 0 Å². The molecule has 0 saturated carbocycles. The highest BCUT2D eigenvalue weighted by Gasteiger charge is 2.28. The molecule has 4 aromatic rings. The molecular formula is C25H26N6O5S. The molecule has 0 aliphatic heterocycles. The lowest BCUT2D eigenvalue weighted by molar-refractivity contribution is -0.145. The standard InChI is InChI=1S/C25H26N6O5S/c32-24(19-10-6-11-21-20(19)16-29-30-21)28-17-22(31-37(34,35)18-8-2-1-3-9-18)25(33)36-15-7-14-27-23-12-4-5-13-26-23/h1-6,8-13,16,22,31H,7,14-15,17H2,(H,26,27)(H,28,32)(H,29,30). The number of fused-ring (bicyclic) bond motifs is 1. The summed E-state index contributed by atoms with van der Waals surface area (Å²) in [6, 6.07) is 16.8. The minimum Gasteiger partial charge on any atom is -0.464 e. The Balaban J connectivity index is 1.39. The monoisotopic (exact) mass is 522 g/mol. The second kappa shape index (κ2) is 12.1. The molecule has 1 unspecified atom stereocenters. The Kier molecular flexibility index (Phi) is 8.44. The molecule has 2 aromatic carbocycles. The average molecular weight is 523 g/mol. The first-order valence-corrected chi connectivity index (χ1v) is 13.0. The van der Waals surface area contributed by atoms with Crippen molar-refractivity contribution < 1.29 is 22.7 Å². The van der Waals surface area contributed by atoms with Crippen LogP contribution in [-0.4, -0.2) is 61.2 Å². The summed E-state index contributed by atoms with van der Waals surface area (Å²) < 4.78 is 33.4. The van der Waals surface area contributed by atoms with Crippen LogP contribution in [0.15, 0.2) is 84.0 Å². The first kappa shape index (κ1) is 25.8. The summed E-state index contributed by atoms with van der Waals surface area (Å²) in [6.45, 7) is 0.227. The quantitative estimate of drug-likeness (QED) is 0.163. The Morgan fingerprint density at radius 1 is 1.00 bits per heavy atom. The molecule has 0 aliphatic carbocycles. The zero-order valence-electron chi connectivity index (χ0n) is 19.8. The van der Waals surface area contributed by atoms with E-state index in [0.717, 1.165) is 0 Å². The smallest absolute Gasteiger partial charge is 0.326 e. The Labute approximate surface area is 213 Å². The second-order valence-electron chi connectivity index (χ2n) is 8.00. The zero-order valence-corrected chi connectivity index (χ0v) is 20.6. The van der Waals surface area contributed by atoms with Crippen molar-refractivity contribution in [2.45, 2.75) is 17.4 Å². The molecule has 1 amide bonds. The maximum Gasteiger partial charge on any atom is 0.326 e. The molecule has 0 radical (unpaired) electrons. The number of rotatable bonds is 12. The number of esters is 1. The Hall–Kier alpha value is -4.29. The summed E-state index contributed by atoms with van der Waals surface area (Å²) in [5, 5.41) is 13.1. The molecular weight excluding hydrogens is 496 g/mol. The molecule has 2 heterocycles. The number of H-pyrrole nitrogens is 1. The largest absolute Gasteiger partial charge is 0.464 e. The third-order valence-corrected chi connectivity index (χ3v) is 6.86. The van der Waals surface area contributed by atoms with E-state index in [0.29, 0.717) is 35.2 Å². The molecule has 2 aromatic heterocycles. The van der Waals surface area contributed by atoms with Gasteiger partial charge in [0.1, 0.15) is 11.9 Å². The van der Waals surface area contributed by atoms with Gasteiger partial charge in [-0.1, -0.05) is 30.3 Å². The van der Waals surface area contributed by atoms with E-state index in [9.17, 15) is 18.0 Å². The molecule has 0 spiro atoms. The number of pyridine rings is 1. The summed E-state index contributed by atoms with van der Waals surface area (Å²) in [4.78, 5) is 29.9. The van der Waals surface area contributed by atoms with E-state index in [-0.39, 0.29) is 18.0 Å². The molecule has 0 aliphatic rings. The van der Waals surface area contributed by atoms with Crippen LogP contribution in [0.3, 0.4) is 0 Å². The van der Waals surface area contributed by atoms with Crippen molar-refractivity contribution in [2.75, 3.05) is 25.0 Å². The fourth-order valence-corrected chi connectivity index (χ4v) is 4.72. The Morgan fingerprint density at radius 3 is 2.59 bits per heavy atom. The van der Waals surface area contributed by atoms with Crippen molar-refractivity contribution in [1.82, 2.24) is 25.2 Å². The van der Waals surface area contributed by atoms with Crippen molar-refractivity contribution in [3.8, 4) is 0 Å². The number of nitrogens with one attached hydrogen (secondary N) is 4. The van der Waals surface area contributed by atoms with Gasteiger partial charge in [0.05, 0.1) is 28.8 Å². The second-order valence-corrected chi connectivity index (χ2v) is 9.71. The highest BCUT2D eigenvalue weighted by Crippen LogP contribution is 2.16. The van der Waals surface area contributed by atoms with Crippen LogP contribution >= 0.6 is 0 Å². The SMILES string of the molecule is O=C(NCC(NS(=O)(=O)c1ccccc1)C(=O)OCCCNc1ccccn1)c1cccc2[nH]ncc12. The van der Waals surface area contributed by atoms with Crippen LogP contribution in [0.5, 0.6) is 0 Å². The van der Waals surface area contributed by atoms with Gasteiger partial charge in [-0.3, -0.25) is 14.7 Å². The van der Waals surface area contributed by atoms with Gasteiger partial charge in [-0.2, -0.15) is 9.82 Å². The maximum atomic E-state index is 12.9. The van der Waals surface area contributed by atoms with Gasteiger partial charge in [-0.05, 0) is 42.8 Å². The highest BCUT2D eigenvalue weighted by atomic mass is 32.2. The molecule has 12 heteroatoms. The molecule has 37 heavy (non-hydrogen) atoms. The van der Waals surface area contributed by atoms with Gasteiger partial charge in [-0.25, -0.2) is 13.4 Å². The minimum atomic E-state index is -4.05. The fourth-order valence-electron chi connectivity index (χ4n) is 3.51. The van der Waals surface area contributed by atoms with Crippen molar-refractivity contribution in [1.29, 1.82) is 0 Å². The number of carbonyl (C=O) groups excluding carboxylic acids is 2. The predicted octanol–water partition coefficient (Wildman–Crippen LogP) is 2.08. The molecule has 0 fully saturated rings. The van der Waals surface area contributed by atoms with Gasteiger partial charge in [0.25, 0.3) is 5.91 Å². The molecule has 0 saturated heterocycles. The fraction of sp³-hybridized carbons (Fsp3) is 0.200. The van der Waals surface area contributed by atoms with E-state index in [1.807, 2.05) is 12.1 Å². The normalized spacial score (nSPS) is 12.1. The topological polar surface area (TPSA) is 155 Å². The average Bonchev–Trinajstić information content (AvgIpc) is 3.41. The third-order valence-electron chi connectivity index (χ3n) is 5.37. The van der Waals surface area contributed by atoms with Gasteiger partial charge in [0, 0.05) is 24.7 Å². The van der Waals surface area contributed by atoms with Crippen LogP contribution in [0.25, 0.3) is 10.9 Å². The summed E-state index contributed by atoms with van der Waals surface area (Å²) in [5.74, 6) is -0.597. The molecule has 11 nitrogen and oxygen atoms in total. The van der Waals surface area contributed by atoms with E-state index in [4.69, 9.17) is 4.74 Å². The maximum absolute atomic E-state index is 12.9. The lowest BCUT2D eigenvalue weighted by atomic mass is 10.1. The van der Waals surface area contributed by atoms with Crippen LogP contribution in [-0.2, 0) is 19.6 Å². The Bertz CT molecular complexity index is 1440. The molecule has 0 bridgehead atoms. The zero-order chi connectivity index (χ0) is 26.1. The van der Waals surface area contributed by atoms with Gasteiger partial charge in [0.15, 0.2) is 0 Å². The lowest BCUT2D eigenvalue weighted by Gasteiger charge is -2.19. The van der Waals surface area contributed by atoms with Crippen LogP contribution in [0.2, 0.25) is 0 Å². The number of carbonyl (C=O) groups is 2. The molecule has 4 N–H and O–H groups in total. The summed E-state index contributed by atoms with van der Waals surface area (Å²) >= 11 is 0. The minimum absolute atomic E-state index is 0.0122. The first-order valence-electron chi connectivity index (χ1n) is 11.5. The van der Waals surface area contributed by atoms with E-state index < -0.39 is 27.9 Å². The summed E-state index contributed by atoms with van der Waals surface area (Å²) in [6.07, 6.45) is 3.65. The number of ether oxygens (including phenoxy) is 1. The van der Waals surface area contributed by atoms with Crippen molar-refractivity contribution in [2.24, 2.45) is 0 Å². The summed E-state index contributed by atoms with van der Waals surface area (Å²) in [7, 11) is -4.05. The lowest BCUT2D eigenvalue weighted by Crippen LogP contribution is -2.49. The van der Waals surface area contributed by atoms with Crippen molar-refractivity contribution in [3.63, 3.8) is 0 Å². The molecule has 192 valence electrons. The molecule has 4 rings (SSSR count). The first-order chi connectivity index (χ1) is 17.9. The summed E-state index contributed by atoms with van der Waals surface area (Å²) in [5.41, 5.74) is 1.01. The number of sulfonamides is 1. The number of amides is 1.